The Balaban J connectivity index is 3.37. The van der Waals surface area contributed by atoms with Crippen LogP contribution in [-0.2, 0) is 4.79 Å². The van der Waals surface area contributed by atoms with Gasteiger partial charge in [0.2, 0.25) is 0 Å². The van der Waals surface area contributed by atoms with Crippen LogP contribution in [0.4, 0.5) is 0 Å². The average Bonchev–Trinajstić information content (AvgIpc) is 2.44. The van der Waals surface area contributed by atoms with E-state index in [1.54, 1.807) is 0 Å². The molecule has 0 saturated heterocycles. The first-order valence-corrected chi connectivity index (χ1v) is 8.46. The first-order valence-electron chi connectivity index (χ1n) is 8.46. The lowest BCUT2D eigenvalue weighted by Crippen LogP contribution is -2.10. The molecule has 0 aliphatic carbocycles. The number of aliphatic carboxylic acids is 1. The van der Waals surface area contributed by atoms with Crippen molar-refractivity contribution in [2.45, 2.75) is 96.4 Å². The quantitative estimate of drug-likeness (QED) is 0.178. The van der Waals surface area contributed by atoms with Crippen molar-refractivity contribution in [2.24, 2.45) is 5.11 Å². The zero-order valence-electron chi connectivity index (χ0n) is 13.5. The summed E-state index contributed by atoms with van der Waals surface area (Å²) in [6.45, 7) is 2.24. The van der Waals surface area contributed by atoms with Gasteiger partial charge in [0.05, 0.1) is 6.42 Å². The maximum atomic E-state index is 10.6. The monoisotopic (exact) mass is 297 g/mol. The van der Waals surface area contributed by atoms with Crippen LogP contribution in [0.15, 0.2) is 5.11 Å². The summed E-state index contributed by atoms with van der Waals surface area (Å²) >= 11 is 0. The maximum Gasteiger partial charge on any atom is 0.303 e. The molecule has 0 radical (unpaired) electrons. The third-order valence-electron chi connectivity index (χ3n) is 3.77. The van der Waals surface area contributed by atoms with Crippen molar-refractivity contribution in [3.63, 3.8) is 0 Å². The minimum atomic E-state index is -0.893. The highest BCUT2D eigenvalue weighted by molar-refractivity contribution is 5.67. The van der Waals surface area contributed by atoms with E-state index in [0.717, 1.165) is 12.8 Å². The van der Waals surface area contributed by atoms with Crippen LogP contribution in [-0.4, -0.2) is 17.1 Å². The van der Waals surface area contributed by atoms with Gasteiger partial charge in [-0.15, -0.1) is 0 Å². The molecular weight excluding hydrogens is 266 g/mol. The van der Waals surface area contributed by atoms with Gasteiger partial charge >= 0.3 is 5.97 Å². The largest absolute Gasteiger partial charge is 0.481 e. The summed E-state index contributed by atoms with van der Waals surface area (Å²) in [5.74, 6) is -0.893. The lowest BCUT2D eigenvalue weighted by molar-refractivity contribution is -0.137. The topological polar surface area (TPSA) is 86.1 Å². The molecule has 0 fully saturated rings. The van der Waals surface area contributed by atoms with Crippen molar-refractivity contribution in [3.05, 3.63) is 10.4 Å². The second kappa shape index (κ2) is 15.2. The first-order chi connectivity index (χ1) is 10.2. The number of rotatable bonds is 15. The molecule has 1 N–H and O–H groups in total. The Bertz CT molecular complexity index is 302. The number of carbonyl (C=O) groups is 1. The van der Waals surface area contributed by atoms with Gasteiger partial charge in [0, 0.05) is 11.0 Å². The third kappa shape index (κ3) is 15.0. The normalized spacial score (nSPS) is 11.9. The molecule has 0 aliphatic heterocycles. The molecule has 5 heteroatoms. The van der Waals surface area contributed by atoms with E-state index in [1.165, 1.54) is 57.8 Å². The van der Waals surface area contributed by atoms with Crippen LogP contribution < -0.4 is 0 Å². The van der Waals surface area contributed by atoms with Gasteiger partial charge in [-0.05, 0) is 12.0 Å². The first kappa shape index (κ1) is 19.8. The molecular formula is C16H31N3O2. The highest BCUT2D eigenvalue weighted by Gasteiger charge is 2.10. The van der Waals surface area contributed by atoms with Crippen LogP contribution in [0, 0.1) is 0 Å². The summed E-state index contributed by atoms with van der Waals surface area (Å²) in [5.41, 5.74) is 8.39. The fraction of sp³-hybridized carbons (Fsp3) is 0.938. The van der Waals surface area contributed by atoms with Gasteiger partial charge < -0.3 is 5.11 Å². The molecule has 122 valence electrons. The van der Waals surface area contributed by atoms with Crippen molar-refractivity contribution in [3.8, 4) is 0 Å². The van der Waals surface area contributed by atoms with Crippen molar-refractivity contribution < 1.29 is 9.90 Å². The minimum absolute atomic E-state index is 0.0537. The number of azide groups is 1. The standard InChI is InChI=1S/C16H31N3O2/c1-2-3-4-5-6-7-8-9-10-11-12-13-15(18-19-17)14-16(20)21/h15H,2-14H2,1H3,(H,20,21)/t15-/m0/s1. The van der Waals surface area contributed by atoms with Crippen LogP contribution in [0.2, 0.25) is 0 Å². The zero-order chi connectivity index (χ0) is 15.8. The van der Waals surface area contributed by atoms with E-state index in [9.17, 15) is 4.79 Å². The van der Waals surface area contributed by atoms with Crippen LogP contribution in [0.25, 0.3) is 10.4 Å². The van der Waals surface area contributed by atoms with E-state index in [0.29, 0.717) is 6.42 Å². The molecule has 21 heavy (non-hydrogen) atoms. The Labute approximate surface area is 128 Å². The highest BCUT2D eigenvalue weighted by Crippen LogP contribution is 2.14. The molecule has 5 nitrogen and oxygen atoms in total. The number of hydrogen-bond donors (Lipinski definition) is 1. The second-order valence-electron chi connectivity index (χ2n) is 5.78. The van der Waals surface area contributed by atoms with Gasteiger partial charge in [0.25, 0.3) is 0 Å². The van der Waals surface area contributed by atoms with E-state index in [2.05, 4.69) is 16.9 Å². The SMILES string of the molecule is CCCCCCCCCCCCC[C@@H](CC(=O)O)N=[N+]=[N-]. The van der Waals surface area contributed by atoms with Crippen LogP contribution in [0.5, 0.6) is 0 Å². The van der Waals surface area contributed by atoms with Gasteiger partial charge in [-0.1, -0.05) is 82.7 Å². The van der Waals surface area contributed by atoms with Crippen LogP contribution in [0.1, 0.15) is 90.4 Å². The van der Waals surface area contributed by atoms with Crippen LogP contribution >= 0.6 is 0 Å². The van der Waals surface area contributed by atoms with Crippen molar-refractivity contribution in [2.75, 3.05) is 0 Å². The molecule has 0 amide bonds. The Kier molecular flexibility index (Phi) is 14.3. The predicted molar refractivity (Wildman–Crippen MR) is 86.3 cm³/mol. The Morgan fingerprint density at radius 3 is 1.90 bits per heavy atom. The maximum absolute atomic E-state index is 10.6. The fourth-order valence-corrected chi connectivity index (χ4v) is 2.52. The minimum Gasteiger partial charge on any atom is -0.481 e. The number of nitrogens with zero attached hydrogens (tertiary/aromatic N) is 3. The molecule has 0 rings (SSSR count). The summed E-state index contributed by atoms with van der Waals surface area (Å²) in [6, 6.07) is -0.383. The van der Waals surface area contributed by atoms with E-state index >= 15 is 0 Å². The summed E-state index contributed by atoms with van der Waals surface area (Å²) < 4.78 is 0. The lowest BCUT2D eigenvalue weighted by atomic mass is 10.0. The Morgan fingerprint density at radius 1 is 1.00 bits per heavy atom. The smallest absolute Gasteiger partial charge is 0.303 e. The van der Waals surface area contributed by atoms with Gasteiger partial charge in [-0.2, -0.15) is 0 Å². The molecule has 0 unspecified atom stereocenters. The summed E-state index contributed by atoms with van der Waals surface area (Å²) in [7, 11) is 0. The van der Waals surface area contributed by atoms with Gasteiger partial charge in [0.1, 0.15) is 0 Å². The highest BCUT2D eigenvalue weighted by atomic mass is 16.4. The average molecular weight is 297 g/mol. The molecule has 0 saturated carbocycles. The van der Waals surface area contributed by atoms with Crippen molar-refractivity contribution >= 4 is 5.97 Å². The molecule has 0 spiro atoms. The molecule has 1 atom stereocenters. The van der Waals surface area contributed by atoms with Gasteiger partial charge in [0.15, 0.2) is 0 Å². The molecule has 0 heterocycles. The van der Waals surface area contributed by atoms with E-state index < -0.39 is 5.97 Å². The molecule has 0 aromatic rings. The molecule has 0 aromatic heterocycles. The van der Waals surface area contributed by atoms with E-state index in [4.69, 9.17) is 10.6 Å². The predicted octanol–water partition coefficient (Wildman–Crippen LogP) is 5.84. The Morgan fingerprint density at radius 2 is 1.48 bits per heavy atom. The number of carboxylic acids is 1. The van der Waals surface area contributed by atoms with Gasteiger partial charge in [-0.3, -0.25) is 4.79 Å². The van der Waals surface area contributed by atoms with Crippen molar-refractivity contribution in [1.82, 2.24) is 0 Å². The number of hydrogen-bond acceptors (Lipinski definition) is 2. The third-order valence-corrected chi connectivity index (χ3v) is 3.77. The second-order valence-corrected chi connectivity index (χ2v) is 5.78. The Hall–Kier alpha value is -1.22. The van der Waals surface area contributed by atoms with Gasteiger partial charge in [-0.25, -0.2) is 0 Å². The number of carboxylic acid groups (broad SMARTS) is 1. The summed E-state index contributed by atoms with van der Waals surface area (Å²) in [6.07, 6.45) is 14.6. The van der Waals surface area contributed by atoms with E-state index in [-0.39, 0.29) is 12.5 Å². The van der Waals surface area contributed by atoms with Crippen LogP contribution in [0.3, 0.4) is 0 Å². The summed E-state index contributed by atoms with van der Waals surface area (Å²) in [5, 5.41) is 12.3. The molecule has 0 aliphatic rings. The lowest BCUT2D eigenvalue weighted by Gasteiger charge is -2.07. The summed E-state index contributed by atoms with van der Waals surface area (Å²) in [4.78, 5) is 13.3. The fourth-order valence-electron chi connectivity index (χ4n) is 2.52. The molecule has 0 bridgehead atoms. The van der Waals surface area contributed by atoms with E-state index in [1.807, 2.05) is 0 Å². The zero-order valence-corrected chi connectivity index (χ0v) is 13.5. The molecule has 0 aromatic carbocycles. The number of unbranched alkanes of at least 4 members (excludes halogenated alkanes) is 10. The van der Waals surface area contributed by atoms with Crippen molar-refractivity contribution in [1.29, 1.82) is 0 Å².